The first-order valence-corrected chi connectivity index (χ1v) is 8.97. The van der Waals surface area contributed by atoms with Gasteiger partial charge >= 0.3 is 5.97 Å². The highest BCUT2D eigenvalue weighted by Gasteiger charge is 2.41. The number of amides is 1. The molecule has 4 nitrogen and oxygen atoms in total. The number of nitrogens with one attached hydrogen (secondary N) is 1. The summed E-state index contributed by atoms with van der Waals surface area (Å²) in [4.78, 5) is 23.6. The first-order valence-electron chi connectivity index (χ1n) is 6.76. The molecule has 0 aromatic rings. The van der Waals surface area contributed by atoms with Crippen LogP contribution in [-0.2, 0) is 9.59 Å². The molecule has 1 fully saturated rings. The number of carbonyl (C=O) groups excluding carboxylic acids is 1. The van der Waals surface area contributed by atoms with Gasteiger partial charge in [-0.05, 0) is 43.4 Å². The summed E-state index contributed by atoms with van der Waals surface area (Å²) in [7, 11) is 0. The Kier molecular flexibility index (Phi) is 7.07. The Bertz CT molecular complexity index is 317. The van der Waals surface area contributed by atoms with Gasteiger partial charge in [0.15, 0.2) is 0 Å². The molecule has 1 heterocycles. The van der Waals surface area contributed by atoms with Crippen LogP contribution in [0.2, 0.25) is 0 Å². The minimum atomic E-state index is -1.04. The number of carbonyl (C=O) groups is 2. The second-order valence-corrected chi connectivity index (χ2v) is 7.53. The molecule has 0 bridgehead atoms. The zero-order chi connectivity index (χ0) is 14.3. The molecule has 0 aromatic heterocycles. The predicted octanol–water partition coefficient (Wildman–Crippen LogP) is 2.37. The highest BCUT2D eigenvalue weighted by Crippen LogP contribution is 2.28. The lowest BCUT2D eigenvalue weighted by Crippen LogP contribution is -2.58. The molecule has 0 saturated carbocycles. The number of carboxylic acids is 1. The van der Waals surface area contributed by atoms with E-state index in [1.54, 1.807) is 23.5 Å². The van der Waals surface area contributed by atoms with E-state index in [0.29, 0.717) is 12.8 Å². The Morgan fingerprint density at radius 2 is 2.05 bits per heavy atom. The fraction of sp³-hybridized carbons (Fsp3) is 0.846. The van der Waals surface area contributed by atoms with Crippen LogP contribution in [0, 0.1) is 0 Å². The standard InChI is InChI=1S/C13H23NO3S2/c1-3-4-7-19-10(2)11(15)14-13(12(16)17)5-8-18-9-6-13/h10H,3-9H2,1-2H3,(H,14,15)(H,16,17). The van der Waals surface area contributed by atoms with Gasteiger partial charge in [0.05, 0.1) is 5.25 Å². The Morgan fingerprint density at radius 3 is 2.58 bits per heavy atom. The van der Waals surface area contributed by atoms with Crippen molar-refractivity contribution in [2.24, 2.45) is 0 Å². The van der Waals surface area contributed by atoms with Crippen LogP contribution >= 0.6 is 23.5 Å². The molecule has 0 spiro atoms. The summed E-state index contributed by atoms with van der Waals surface area (Å²) >= 11 is 3.35. The van der Waals surface area contributed by atoms with Crippen molar-refractivity contribution in [1.82, 2.24) is 5.32 Å². The molecule has 1 unspecified atom stereocenters. The molecule has 0 aromatic carbocycles. The monoisotopic (exact) mass is 305 g/mol. The van der Waals surface area contributed by atoms with Gasteiger partial charge in [0.2, 0.25) is 5.91 Å². The van der Waals surface area contributed by atoms with Gasteiger partial charge in [-0.15, -0.1) is 11.8 Å². The van der Waals surface area contributed by atoms with Crippen LogP contribution in [0.5, 0.6) is 0 Å². The number of hydrogen-bond acceptors (Lipinski definition) is 4. The fourth-order valence-electron chi connectivity index (χ4n) is 1.93. The van der Waals surface area contributed by atoms with Gasteiger partial charge in [-0.2, -0.15) is 11.8 Å². The summed E-state index contributed by atoms with van der Waals surface area (Å²) in [5.74, 6) is 1.50. The van der Waals surface area contributed by atoms with Crippen molar-refractivity contribution in [1.29, 1.82) is 0 Å². The van der Waals surface area contributed by atoms with Crippen LogP contribution in [0.25, 0.3) is 0 Å². The molecule has 6 heteroatoms. The van der Waals surface area contributed by atoms with Crippen LogP contribution < -0.4 is 5.32 Å². The normalized spacial score (nSPS) is 19.7. The van der Waals surface area contributed by atoms with E-state index in [1.807, 2.05) is 6.92 Å². The Balaban J connectivity index is 2.54. The van der Waals surface area contributed by atoms with Gasteiger partial charge in [0.1, 0.15) is 5.54 Å². The van der Waals surface area contributed by atoms with E-state index in [4.69, 9.17) is 0 Å². The third-order valence-corrected chi connectivity index (χ3v) is 5.58. The van der Waals surface area contributed by atoms with Crippen molar-refractivity contribution in [3.05, 3.63) is 0 Å². The molecule has 0 aliphatic carbocycles. The number of unbranched alkanes of at least 4 members (excludes halogenated alkanes) is 1. The maximum atomic E-state index is 12.1. The van der Waals surface area contributed by atoms with E-state index in [-0.39, 0.29) is 11.2 Å². The van der Waals surface area contributed by atoms with Crippen LogP contribution in [0.15, 0.2) is 0 Å². The van der Waals surface area contributed by atoms with Crippen LogP contribution in [0.3, 0.4) is 0 Å². The summed E-state index contributed by atoms with van der Waals surface area (Å²) in [5, 5.41) is 12.0. The maximum Gasteiger partial charge on any atom is 0.329 e. The molecule has 1 saturated heterocycles. The smallest absolute Gasteiger partial charge is 0.329 e. The highest BCUT2D eigenvalue weighted by atomic mass is 32.2. The Hall–Kier alpha value is -0.360. The summed E-state index contributed by atoms with van der Waals surface area (Å²) in [5.41, 5.74) is -1.04. The minimum absolute atomic E-state index is 0.143. The summed E-state index contributed by atoms with van der Waals surface area (Å²) in [6.45, 7) is 3.97. The van der Waals surface area contributed by atoms with Gasteiger partial charge in [-0.25, -0.2) is 4.79 Å². The van der Waals surface area contributed by atoms with E-state index in [2.05, 4.69) is 12.2 Å². The lowest BCUT2D eigenvalue weighted by molar-refractivity contribution is -0.148. The van der Waals surface area contributed by atoms with Gasteiger partial charge in [0.25, 0.3) is 0 Å². The summed E-state index contributed by atoms with van der Waals surface area (Å²) in [6.07, 6.45) is 3.23. The lowest BCUT2D eigenvalue weighted by atomic mass is 9.92. The SMILES string of the molecule is CCCCSC(C)C(=O)NC1(C(=O)O)CCSCC1. The maximum absolute atomic E-state index is 12.1. The van der Waals surface area contributed by atoms with E-state index in [9.17, 15) is 14.7 Å². The fourth-order valence-corrected chi connectivity index (χ4v) is 4.14. The molecule has 1 amide bonds. The van der Waals surface area contributed by atoms with Gasteiger partial charge < -0.3 is 10.4 Å². The molecule has 110 valence electrons. The molecule has 1 aliphatic heterocycles. The molecule has 1 atom stereocenters. The predicted molar refractivity (Wildman–Crippen MR) is 81.9 cm³/mol. The van der Waals surface area contributed by atoms with Crippen LogP contribution in [0.1, 0.15) is 39.5 Å². The average molecular weight is 305 g/mol. The number of aliphatic carboxylic acids is 1. The summed E-state index contributed by atoms with van der Waals surface area (Å²) < 4.78 is 0. The minimum Gasteiger partial charge on any atom is -0.480 e. The van der Waals surface area contributed by atoms with E-state index >= 15 is 0 Å². The Labute approximate surface area is 123 Å². The highest BCUT2D eigenvalue weighted by molar-refractivity contribution is 8.00. The molecular weight excluding hydrogens is 282 g/mol. The second kappa shape index (κ2) is 8.04. The third-order valence-electron chi connectivity index (χ3n) is 3.35. The van der Waals surface area contributed by atoms with E-state index in [1.165, 1.54) is 0 Å². The molecular formula is C13H23NO3S2. The van der Waals surface area contributed by atoms with Crippen LogP contribution in [-0.4, -0.2) is 45.0 Å². The number of thioether (sulfide) groups is 2. The topological polar surface area (TPSA) is 66.4 Å². The number of hydrogen-bond donors (Lipinski definition) is 2. The molecule has 19 heavy (non-hydrogen) atoms. The zero-order valence-corrected chi connectivity index (χ0v) is 13.2. The zero-order valence-electron chi connectivity index (χ0n) is 11.6. The van der Waals surface area contributed by atoms with Crippen LogP contribution in [0.4, 0.5) is 0 Å². The number of rotatable bonds is 7. The number of carboxylic acid groups (broad SMARTS) is 1. The quantitative estimate of drug-likeness (QED) is 0.707. The first-order chi connectivity index (χ1) is 9.02. The van der Waals surface area contributed by atoms with E-state index in [0.717, 1.165) is 30.1 Å². The van der Waals surface area contributed by atoms with Gasteiger partial charge in [-0.3, -0.25) is 4.79 Å². The largest absolute Gasteiger partial charge is 0.480 e. The third kappa shape index (κ3) is 4.91. The van der Waals surface area contributed by atoms with Crippen molar-refractivity contribution in [3.63, 3.8) is 0 Å². The first kappa shape index (κ1) is 16.7. The molecule has 0 radical (unpaired) electrons. The van der Waals surface area contributed by atoms with Crippen molar-refractivity contribution in [2.75, 3.05) is 17.3 Å². The Morgan fingerprint density at radius 1 is 1.42 bits per heavy atom. The van der Waals surface area contributed by atoms with Crippen molar-refractivity contribution in [3.8, 4) is 0 Å². The lowest BCUT2D eigenvalue weighted by Gasteiger charge is -2.34. The summed E-state index contributed by atoms with van der Waals surface area (Å²) in [6, 6.07) is 0. The van der Waals surface area contributed by atoms with Crippen molar-refractivity contribution >= 4 is 35.4 Å². The van der Waals surface area contributed by atoms with E-state index < -0.39 is 11.5 Å². The van der Waals surface area contributed by atoms with Gasteiger partial charge in [-0.1, -0.05) is 13.3 Å². The average Bonchev–Trinajstić information content (AvgIpc) is 2.39. The second-order valence-electron chi connectivity index (χ2n) is 4.86. The van der Waals surface area contributed by atoms with Gasteiger partial charge in [0, 0.05) is 0 Å². The van der Waals surface area contributed by atoms with Crippen molar-refractivity contribution in [2.45, 2.75) is 50.3 Å². The van der Waals surface area contributed by atoms with Crippen molar-refractivity contribution < 1.29 is 14.7 Å². The molecule has 2 N–H and O–H groups in total. The molecule has 1 aliphatic rings. The molecule has 1 rings (SSSR count).